The molecule has 1 unspecified atom stereocenters. The summed E-state index contributed by atoms with van der Waals surface area (Å²) in [5, 5.41) is 0. The van der Waals surface area contributed by atoms with E-state index in [9.17, 15) is 35.7 Å². The van der Waals surface area contributed by atoms with E-state index in [1.165, 1.54) is 4.90 Å². The van der Waals surface area contributed by atoms with Crippen LogP contribution in [-0.4, -0.2) is 44.9 Å². The predicted molar refractivity (Wildman–Crippen MR) is 117 cm³/mol. The number of benzene rings is 1. The second kappa shape index (κ2) is 11.1. The van der Waals surface area contributed by atoms with Gasteiger partial charge in [-0.1, -0.05) is 23.3 Å². The number of carbonyl (C=O) groups excluding carboxylic acids is 1. The molecule has 1 fully saturated rings. The normalized spacial score (nSPS) is 16.3. The van der Waals surface area contributed by atoms with E-state index in [-0.39, 0.29) is 25.6 Å². The van der Waals surface area contributed by atoms with Gasteiger partial charge in [0.2, 0.25) is 5.88 Å². The lowest BCUT2D eigenvalue weighted by molar-refractivity contribution is -0.142. The van der Waals surface area contributed by atoms with Gasteiger partial charge in [0.1, 0.15) is 18.1 Å². The Morgan fingerprint density at radius 2 is 1.69 bits per heavy atom. The molecule has 12 heteroatoms. The number of hydrogen-bond acceptors (Lipinski definition) is 4. The highest BCUT2D eigenvalue weighted by molar-refractivity contribution is 7.91. The Labute approximate surface area is 201 Å². The van der Waals surface area contributed by atoms with Crippen LogP contribution in [0.5, 0.6) is 5.88 Å². The fraction of sp³-hybridized carbons (Fsp3) is 0.478. The molecule has 35 heavy (non-hydrogen) atoms. The summed E-state index contributed by atoms with van der Waals surface area (Å²) in [5.74, 6) is -0.00366. The molecule has 0 spiro atoms. The molecule has 0 saturated carbocycles. The number of hydrogen-bond donors (Lipinski definition) is 0. The summed E-state index contributed by atoms with van der Waals surface area (Å²) in [6.45, 7) is 2.03. The summed E-state index contributed by atoms with van der Waals surface area (Å²) in [7, 11) is 0. The second-order valence-electron chi connectivity index (χ2n) is 8.16. The first-order valence-electron chi connectivity index (χ1n) is 10.9. The van der Waals surface area contributed by atoms with Gasteiger partial charge in [-0.2, -0.15) is 26.3 Å². The molecule has 3 rings (SSSR count). The smallest absolute Gasteiger partial charge is 0.434 e. The van der Waals surface area contributed by atoms with Crippen LogP contribution in [0.15, 0.2) is 36.4 Å². The van der Waals surface area contributed by atoms with E-state index in [1.54, 1.807) is 0 Å². The standard InChI is InChI=1S/C23H24F6N2O3S/c1-2-35(33)14-16-9-11-31(12-10-16)21(32)18-7-8-19(30-20(18)23(27,28)29)34-13-15-3-5-17(6-4-15)22(24,25)26/h3-8,16H,2,9-14H2,1H3. The van der Waals surface area contributed by atoms with E-state index in [2.05, 4.69) is 4.98 Å². The molecule has 0 radical (unpaired) electrons. The van der Waals surface area contributed by atoms with Gasteiger partial charge in [-0.05, 0) is 43.5 Å². The number of halogens is 6. The van der Waals surface area contributed by atoms with Crippen LogP contribution >= 0.6 is 0 Å². The first-order valence-corrected chi connectivity index (χ1v) is 12.4. The highest BCUT2D eigenvalue weighted by atomic mass is 32.2. The summed E-state index contributed by atoms with van der Waals surface area (Å²) in [5.41, 5.74) is -2.54. The zero-order valence-electron chi connectivity index (χ0n) is 18.8. The summed E-state index contributed by atoms with van der Waals surface area (Å²) in [6, 6.07) is 6.13. The summed E-state index contributed by atoms with van der Waals surface area (Å²) in [4.78, 5) is 17.7. The molecule has 0 bridgehead atoms. The Balaban J connectivity index is 1.69. The zero-order valence-corrected chi connectivity index (χ0v) is 19.6. The van der Waals surface area contributed by atoms with Gasteiger partial charge >= 0.3 is 12.4 Å². The molecule has 0 aliphatic carbocycles. The highest BCUT2D eigenvalue weighted by Crippen LogP contribution is 2.34. The largest absolute Gasteiger partial charge is 0.616 e. The predicted octanol–water partition coefficient (Wildman–Crippen LogP) is 5.32. The minimum atomic E-state index is -4.92. The minimum Gasteiger partial charge on any atom is -0.616 e. The van der Waals surface area contributed by atoms with Gasteiger partial charge in [-0.25, -0.2) is 4.98 Å². The molecular formula is C23H24F6N2O3S. The number of pyridine rings is 1. The average Bonchev–Trinajstić information content (AvgIpc) is 2.81. The van der Waals surface area contributed by atoms with Crippen molar-refractivity contribution in [3.05, 3.63) is 58.8 Å². The van der Waals surface area contributed by atoms with Crippen molar-refractivity contribution in [1.29, 1.82) is 0 Å². The Morgan fingerprint density at radius 1 is 1.06 bits per heavy atom. The number of amides is 1. The molecule has 1 aromatic heterocycles. The number of aromatic nitrogens is 1. The molecule has 0 N–H and O–H groups in total. The van der Waals surface area contributed by atoms with Crippen molar-refractivity contribution >= 4 is 17.1 Å². The van der Waals surface area contributed by atoms with Gasteiger partial charge in [0, 0.05) is 25.1 Å². The van der Waals surface area contributed by atoms with Crippen molar-refractivity contribution in [2.75, 3.05) is 24.6 Å². The van der Waals surface area contributed by atoms with E-state index >= 15 is 0 Å². The molecule has 5 nitrogen and oxygen atoms in total. The van der Waals surface area contributed by atoms with Crippen LogP contribution < -0.4 is 4.74 Å². The van der Waals surface area contributed by atoms with E-state index in [0.29, 0.717) is 29.9 Å². The van der Waals surface area contributed by atoms with Crippen molar-refractivity contribution in [2.45, 2.75) is 38.7 Å². The lowest BCUT2D eigenvalue weighted by Gasteiger charge is -2.32. The van der Waals surface area contributed by atoms with Crippen molar-refractivity contribution in [2.24, 2.45) is 5.92 Å². The summed E-state index contributed by atoms with van der Waals surface area (Å²) >= 11 is -0.948. The topological polar surface area (TPSA) is 65.5 Å². The van der Waals surface area contributed by atoms with Gasteiger partial charge in [-0.3, -0.25) is 4.79 Å². The maximum Gasteiger partial charge on any atom is 0.434 e. The summed E-state index contributed by atoms with van der Waals surface area (Å²) < 4.78 is 96.0. The minimum absolute atomic E-state index is 0.154. The molecule has 192 valence electrons. The average molecular weight is 523 g/mol. The Hall–Kier alpha value is -2.47. The van der Waals surface area contributed by atoms with E-state index in [0.717, 1.165) is 36.4 Å². The number of rotatable bonds is 7. The molecule has 2 aromatic rings. The van der Waals surface area contributed by atoms with Gasteiger partial charge in [0.15, 0.2) is 5.69 Å². The van der Waals surface area contributed by atoms with Crippen LogP contribution in [0, 0.1) is 5.92 Å². The number of carbonyl (C=O) groups is 1. The molecule has 2 heterocycles. The lowest BCUT2D eigenvalue weighted by Crippen LogP contribution is -2.40. The first kappa shape index (κ1) is 27.1. The quantitative estimate of drug-likeness (QED) is 0.365. The van der Waals surface area contributed by atoms with Gasteiger partial charge < -0.3 is 14.2 Å². The maximum absolute atomic E-state index is 13.7. The van der Waals surface area contributed by atoms with Crippen LogP contribution in [0.25, 0.3) is 0 Å². The van der Waals surface area contributed by atoms with Gasteiger partial charge in [-0.15, -0.1) is 0 Å². The molecular weight excluding hydrogens is 498 g/mol. The van der Waals surface area contributed by atoms with Gasteiger partial charge in [0.25, 0.3) is 5.91 Å². The lowest BCUT2D eigenvalue weighted by atomic mass is 9.98. The number of piperidine rings is 1. The number of nitrogens with zero attached hydrogens (tertiary/aromatic N) is 2. The number of ether oxygens (including phenoxy) is 1. The zero-order chi connectivity index (χ0) is 25.8. The SMILES string of the molecule is CC[S+]([O-])CC1CCN(C(=O)c2ccc(OCc3ccc(C(F)(F)F)cc3)nc2C(F)(F)F)CC1. The Kier molecular flexibility index (Phi) is 8.58. The van der Waals surface area contributed by atoms with Crippen LogP contribution in [0.2, 0.25) is 0 Å². The third-order valence-corrected chi connectivity index (χ3v) is 7.17. The van der Waals surface area contributed by atoms with E-state index in [1.807, 2.05) is 6.92 Å². The van der Waals surface area contributed by atoms with Crippen LogP contribution in [-0.2, 0) is 30.1 Å². The van der Waals surface area contributed by atoms with Crippen LogP contribution in [0.3, 0.4) is 0 Å². The Bertz CT molecular complexity index is 1010. The third kappa shape index (κ3) is 7.26. The molecule has 1 aromatic carbocycles. The highest BCUT2D eigenvalue weighted by Gasteiger charge is 2.39. The third-order valence-electron chi connectivity index (χ3n) is 5.68. The van der Waals surface area contributed by atoms with Crippen molar-refractivity contribution in [3.8, 4) is 5.88 Å². The molecule has 1 atom stereocenters. The maximum atomic E-state index is 13.7. The van der Waals surface area contributed by atoms with Crippen LogP contribution in [0.1, 0.15) is 46.9 Å². The molecule has 1 saturated heterocycles. The van der Waals surface area contributed by atoms with Gasteiger partial charge in [0.05, 0.1) is 11.1 Å². The summed E-state index contributed by atoms with van der Waals surface area (Å²) in [6.07, 6.45) is -8.31. The van der Waals surface area contributed by atoms with Crippen molar-refractivity contribution in [3.63, 3.8) is 0 Å². The van der Waals surface area contributed by atoms with Crippen LogP contribution in [0.4, 0.5) is 26.3 Å². The number of alkyl halides is 6. The number of likely N-dealkylation sites (tertiary alicyclic amines) is 1. The fourth-order valence-electron chi connectivity index (χ4n) is 3.71. The monoisotopic (exact) mass is 522 g/mol. The van der Waals surface area contributed by atoms with E-state index < -0.39 is 52.1 Å². The first-order chi connectivity index (χ1) is 16.4. The molecule has 1 aliphatic rings. The Morgan fingerprint density at radius 3 is 2.23 bits per heavy atom. The van der Waals surface area contributed by atoms with E-state index in [4.69, 9.17) is 4.74 Å². The van der Waals surface area contributed by atoms with Crippen molar-refractivity contribution in [1.82, 2.24) is 9.88 Å². The molecule has 1 amide bonds. The van der Waals surface area contributed by atoms with Crippen molar-refractivity contribution < 1.29 is 40.4 Å². The second-order valence-corrected chi connectivity index (χ2v) is 9.95. The fourth-order valence-corrected chi connectivity index (χ4v) is 4.81. The molecule has 1 aliphatic heterocycles.